The Labute approximate surface area is 108 Å². The molecule has 0 bridgehead atoms. The minimum absolute atomic E-state index is 0.0475. The van der Waals surface area contributed by atoms with Gasteiger partial charge in [0.1, 0.15) is 0 Å². The number of carbonyl (C=O) groups excluding carboxylic acids is 2. The van der Waals surface area contributed by atoms with Crippen LogP contribution >= 0.6 is 0 Å². The van der Waals surface area contributed by atoms with E-state index in [2.05, 4.69) is 6.92 Å². The molecule has 18 heavy (non-hydrogen) atoms. The molecule has 0 aromatic carbocycles. The summed E-state index contributed by atoms with van der Waals surface area (Å²) in [7, 11) is 0. The highest BCUT2D eigenvalue weighted by Crippen LogP contribution is 2.45. The molecule has 102 valence electrons. The fraction of sp³-hybridized carbons (Fsp3) is 0.857. The summed E-state index contributed by atoms with van der Waals surface area (Å²) >= 11 is 0. The maximum atomic E-state index is 12.4. The Hall–Kier alpha value is -0.900. The smallest absolute Gasteiger partial charge is 0.233 e. The quantitative estimate of drug-likeness (QED) is 0.771. The maximum Gasteiger partial charge on any atom is 0.233 e. The molecule has 1 saturated carbocycles. The number of imide groups is 1. The molecule has 0 aromatic rings. The van der Waals surface area contributed by atoms with Crippen LogP contribution in [0.15, 0.2) is 0 Å². The number of carbonyl (C=O) groups is 2. The SMILES string of the molecule is CCC1CC2C(=O)N([C@@H](CO)C(C)C)C(=O)C2C1. The van der Waals surface area contributed by atoms with Gasteiger partial charge in [0.05, 0.1) is 24.5 Å². The normalized spacial score (nSPS) is 33.4. The summed E-state index contributed by atoms with van der Waals surface area (Å²) in [5.74, 6) is 0.290. The zero-order valence-electron chi connectivity index (χ0n) is 11.4. The first kappa shape index (κ1) is 13.5. The number of fused-ring (bicyclic) bond motifs is 1. The number of hydrogen-bond acceptors (Lipinski definition) is 3. The Morgan fingerprint density at radius 2 is 1.72 bits per heavy atom. The first-order valence-electron chi connectivity index (χ1n) is 6.99. The molecule has 0 spiro atoms. The molecule has 0 aromatic heterocycles. The average molecular weight is 253 g/mol. The summed E-state index contributed by atoms with van der Waals surface area (Å²) in [4.78, 5) is 26.1. The minimum atomic E-state index is -0.351. The van der Waals surface area contributed by atoms with Crippen LogP contribution in [-0.4, -0.2) is 34.5 Å². The number of aliphatic hydroxyl groups is 1. The molecule has 1 heterocycles. The summed E-state index contributed by atoms with van der Waals surface area (Å²) in [5.41, 5.74) is 0. The second-order valence-corrected chi connectivity index (χ2v) is 6.00. The van der Waals surface area contributed by atoms with E-state index in [9.17, 15) is 14.7 Å². The highest BCUT2D eigenvalue weighted by Gasteiger charge is 2.54. The van der Waals surface area contributed by atoms with Crippen LogP contribution in [0.3, 0.4) is 0 Å². The van der Waals surface area contributed by atoms with Gasteiger partial charge in [0.25, 0.3) is 0 Å². The lowest BCUT2D eigenvalue weighted by Gasteiger charge is -2.29. The Balaban J connectivity index is 2.18. The average Bonchev–Trinajstić information content (AvgIpc) is 2.85. The Bertz CT molecular complexity index is 329. The largest absolute Gasteiger partial charge is 0.394 e. The number of nitrogens with zero attached hydrogens (tertiary/aromatic N) is 1. The molecule has 2 unspecified atom stereocenters. The van der Waals surface area contributed by atoms with Gasteiger partial charge in [-0.05, 0) is 24.7 Å². The second kappa shape index (κ2) is 5.00. The fourth-order valence-electron chi connectivity index (χ4n) is 3.41. The van der Waals surface area contributed by atoms with Crippen molar-refractivity contribution in [1.82, 2.24) is 4.90 Å². The molecule has 3 atom stereocenters. The van der Waals surface area contributed by atoms with Crippen molar-refractivity contribution in [2.45, 2.75) is 46.1 Å². The van der Waals surface area contributed by atoms with Gasteiger partial charge < -0.3 is 5.11 Å². The van der Waals surface area contributed by atoms with Crippen LogP contribution in [0.5, 0.6) is 0 Å². The number of amides is 2. The third kappa shape index (κ3) is 1.96. The molecule has 0 radical (unpaired) electrons. The molecule has 1 aliphatic carbocycles. The van der Waals surface area contributed by atoms with Gasteiger partial charge in [0, 0.05) is 0 Å². The molecule has 2 rings (SSSR count). The van der Waals surface area contributed by atoms with Gasteiger partial charge in [0.15, 0.2) is 0 Å². The van der Waals surface area contributed by atoms with Gasteiger partial charge in [-0.3, -0.25) is 14.5 Å². The maximum absolute atomic E-state index is 12.4. The van der Waals surface area contributed by atoms with Crippen molar-refractivity contribution < 1.29 is 14.7 Å². The van der Waals surface area contributed by atoms with Crippen molar-refractivity contribution in [3.63, 3.8) is 0 Å². The molecule has 1 N–H and O–H groups in total. The molecule has 1 aliphatic heterocycles. The monoisotopic (exact) mass is 253 g/mol. The van der Waals surface area contributed by atoms with Gasteiger partial charge in [-0.1, -0.05) is 27.2 Å². The lowest BCUT2D eigenvalue weighted by atomic mass is 10.00. The van der Waals surface area contributed by atoms with Crippen molar-refractivity contribution in [2.75, 3.05) is 6.61 Å². The standard InChI is InChI=1S/C14H23NO3/c1-4-9-5-10-11(6-9)14(18)15(13(10)17)12(7-16)8(2)3/h8-12,16H,4-7H2,1-3H3/t9?,10?,11?,12-/m0/s1. The lowest BCUT2D eigenvalue weighted by molar-refractivity contribution is -0.145. The van der Waals surface area contributed by atoms with E-state index in [-0.39, 0.29) is 42.2 Å². The number of aliphatic hydroxyl groups excluding tert-OH is 1. The summed E-state index contributed by atoms with van der Waals surface area (Å²) in [6.07, 6.45) is 2.73. The molecular weight excluding hydrogens is 230 g/mol. The van der Waals surface area contributed by atoms with Crippen LogP contribution in [0.4, 0.5) is 0 Å². The van der Waals surface area contributed by atoms with Crippen molar-refractivity contribution >= 4 is 11.8 Å². The van der Waals surface area contributed by atoms with E-state index in [1.807, 2.05) is 13.8 Å². The van der Waals surface area contributed by atoms with E-state index in [0.29, 0.717) is 5.92 Å². The van der Waals surface area contributed by atoms with Crippen LogP contribution < -0.4 is 0 Å². The summed E-state index contributed by atoms with van der Waals surface area (Å²) in [6, 6.07) is -0.351. The van der Waals surface area contributed by atoms with Crippen LogP contribution in [0.2, 0.25) is 0 Å². The molecule has 4 nitrogen and oxygen atoms in total. The first-order chi connectivity index (χ1) is 8.51. The van der Waals surface area contributed by atoms with Crippen molar-refractivity contribution in [3.05, 3.63) is 0 Å². The Kier molecular flexibility index (Phi) is 3.76. The number of hydrogen-bond donors (Lipinski definition) is 1. The number of likely N-dealkylation sites (tertiary alicyclic amines) is 1. The van der Waals surface area contributed by atoms with Gasteiger partial charge in [-0.2, -0.15) is 0 Å². The molecule has 1 saturated heterocycles. The zero-order valence-corrected chi connectivity index (χ0v) is 11.4. The van der Waals surface area contributed by atoms with Gasteiger partial charge in [-0.15, -0.1) is 0 Å². The van der Waals surface area contributed by atoms with E-state index in [1.165, 1.54) is 4.90 Å². The van der Waals surface area contributed by atoms with Crippen LogP contribution in [0, 0.1) is 23.7 Å². The predicted octanol–water partition coefficient (Wildman–Crippen LogP) is 1.42. The third-order valence-corrected chi connectivity index (χ3v) is 4.64. The second-order valence-electron chi connectivity index (χ2n) is 6.00. The predicted molar refractivity (Wildman–Crippen MR) is 67.6 cm³/mol. The summed E-state index contributed by atoms with van der Waals surface area (Å²) in [6.45, 7) is 5.85. The number of rotatable bonds is 4. The first-order valence-corrected chi connectivity index (χ1v) is 6.99. The molecule has 2 fully saturated rings. The van der Waals surface area contributed by atoms with E-state index in [0.717, 1.165) is 19.3 Å². The van der Waals surface area contributed by atoms with E-state index < -0.39 is 0 Å². The Morgan fingerprint density at radius 3 is 2.06 bits per heavy atom. The van der Waals surface area contributed by atoms with Crippen LogP contribution in [-0.2, 0) is 9.59 Å². The molecule has 4 heteroatoms. The van der Waals surface area contributed by atoms with Gasteiger partial charge >= 0.3 is 0 Å². The highest BCUT2D eigenvalue weighted by atomic mass is 16.3. The molecular formula is C14H23NO3. The summed E-state index contributed by atoms with van der Waals surface area (Å²) < 4.78 is 0. The van der Waals surface area contributed by atoms with Gasteiger partial charge in [-0.25, -0.2) is 0 Å². The topological polar surface area (TPSA) is 57.6 Å². The molecule has 2 amide bonds. The lowest BCUT2D eigenvalue weighted by Crippen LogP contribution is -2.46. The van der Waals surface area contributed by atoms with Crippen LogP contribution in [0.1, 0.15) is 40.0 Å². The molecule has 2 aliphatic rings. The highest BCUT2D eigenvalue weighted by molar-refractivity contribution is 6.05. The van der Waals surface area contributed by atoms with Crippen LogP contribution in [0.25, 0.3) is 0 Å². The van der Waals surface area contributed by atoms with Crippen molar-refractivity contribution in [1.29, 1.82) is 0 Å². The minimum Gasteiger partial charge on any atom is -0.394 e. The van der Waals surface area contributed by atoms with Gasteiger partial charge in [0.2, 0.25) is 11.8 Å². The van der Waals surface area contributed by atoms with E-state index in [1.54, 1.807) is 0 Å². The fourth-order valence-corrected chi connectivity index (χ4v) is 3.41. The van der Waals surface area contributed by atoms with E-state index >= 15 is 0 Å². The zero-order chi connectivity index (χ0) is 13.4. The summed E-state index contributed by atoms with van der Waals surface area (Å²) in [5, 5.41) is 9.41. The van der Waals surface area contributed by atoms with Crippen molar-refractivity contribution in [2.24, 2.45) is 23.7 Å². The van der Waals surface area contributed by atoms with Crippen molar-refractivity contribution in [3.8, 4) is 0 Å². The third-order valence-electron chi connectivity index (χ3n) is 4.64. The van der Waals surface area contributed by atoms with E-state index in [4.69, 9.17) is 0 Å². The Morgan fingerprint density at radius 1 is 1.22 bits per heavy atom.